The zero-order chi connectivity index (χ0) is 18.8. The molecule has 1 atom stereocenters. The Balaban J connectivity index is 1.80. The Morgan fingerprint density at radius 2 is 2.31 bits per heavy atom. The highest BCUT2D eigenvalue weighted by atomic mass is 32.1. The van der Waals surface area contributed by atoms with Gasteiger partial charge >= 0.3 is 11.9 Å². The predicted molar refractivity (Wildman–Crippen MR) is 92.2 cm³/mol. The van der Waals surface area contributed by atoms with Crippen LogP contribution in [0.2, 0.25) is 0 Å². The van der Waals surface area contributed by atoms with Gasteiger partial charge in [0.25, 0.3) is 0 Å². The Morgan fingerprint density at radius 1 is 1.54 bits per heavy atom. The molecule has 0 bridgehead atoms. The van der Waals surface area contributed by atoms with Gasteiger partial charge in [0.05, 0.1) is 12.7 Å². The molecule has 1 aliphatic rings. The third-order valence-corrected chi connectivity index (χ3v) is 5.32. The van der Waals surface area contributed by atoms with E-state index >= 15 is 0 Å². The molecule has 0 aromatic carbocycles. The molecule has 0 fully saturated rings. The summed E-state index contributed by atoms with van der Waals surface area (Å²) < 4.78 is 5.94. The van der Waals surface area contributed by atoms with Gasteiger partial charge in [-0.1, -0.05) is 11.9 Å². The van der Waals surface area contributed by atoms with Crippen LogP contribution in [0.1, 0.15) is 34.1 Å². The number of amides is 1. The van der Waals surface area contributed by atoms with Crippen LogP contribution in [0.15, 0.2) is 6.33 Å². The van der Waals surface area contributed by atoms with Crippen LogP contribution in [0.4, 0.5) is 10.9 Å². The first-order chi connectivity index (χ1) is 12.4. The van der Waals surface area contributed by atoms with Crippen molar-refractivity contribution in [3.8, 4) is 0 Å². The molecule has 0 spiro atoms. The Hall–Kier alpha value is -2.82. The largest absolute Gasteiger partial charge is 0.490 e. The van der Waals surface area contributed by atoms with E-state index in [0.29, 0.717) is 16.5 Å². The lowest BCUT2D eigenvalue weighted by Crippen LogP contribution is -2.20. The van der Waals surface area contributed by atoms with E-state index in [9.17, 15) is 19.7 Å². The van der Waals surface area contributed by atoms with Crippen molar-refractivity contribution in [1.82, 2.24) is 14.8 Å². The number of hydrogen-bond donors (Lipinski definition) is 1. The van der Waals surface area contributed by atoms with Crippen molar-refractivity contribution < 1.29 is 19.2 Å². The Morgan fingerprint density at radius 3 is 2.96 bits per heavy atom. The average molecular weight is 379 g/mol. The molecular weight excluding hydrogens is 362 g/mol. The van der Waals surface area contributed by atoms with Crippen LogP contribution in [0.25, 0.3) is 0 Å². The Bertz CT molecular complexity index is 874. The number of nitrogens with one attached hydrogen (secondary N) is 1. The van der Waals surface area contributed by atoms with E-state index in [1.165, 1.54) is 18.4 Å². The topological polar surface area (TPSA) is 129 Å². The molecule has 1 unspecified atom stereocenters. The van der Waals surface area contributed by atoms with Gasteiger partial charge in [-0.2, -0.15) is 4.68 Å². The molecule has 2 aromatic rings. The summed E-state index contributed by atoms with van der Waals surface area (Å²) in [5, 5.41) is 17.3. The van der Waals surface area contributed by atoms with Crippen LogP contribution < -0.4 is 5.32 Å². The van der Waals surface area contributed by atoms with E-state index < -0.39 is 22.7 Å². The molecule has 0 aliphatic heterocycles. The van der Waals surface area contributed by atoms with Crippen molar-refractivity contribution in [3.05, 3.63) is 32.4 Å². The van der Waals surface area contributed by atoms with Gasteiger partial charge in [0.2, 0.25) is 12.2 Å². The van der Waals surface area contributed by atoms with Gasteiger partial charge in [0.15, 0.2) is 0 Å². The Kier molecular flexibility index (Phi) is 4.98. The van der Waals surface area contributed by atoms with Gasteiger partial charge in [-0.25, -0.2) is 4.79 Å². The number of ether oxygens (including phenoxy) is 1. The minimum atomic E-state index is -0.738. The van der Waals surface area contributed by atoms with Gasteiger partial charge in [0.1, 0.15) is 11.5 Å². The molecule has 1 aliphatic carbocycles. The van der Waals surface area contributed by atoms with Gasteiger partial charge < -0.3 is 20.2 Å². The van der Waals surface area contributed by atoms with Gasteiger partial charge in [-0.3, -0.25) is 4.79 Å². The lowest BCUT2D eigenvalue weighted by Gasteiger charge is -2.18. The summed E-state index contributed by atoms with van der Waals surface area (Å²) in [6.07, 6.45) is 3.71. The molecular formula is C15H17N5O5S. The number of hydrogen-bond acceptors (Lipinski definition) is 8. The molecule has 10 nitrogen and oxygen atoms in total. The standard InChI is InChI=1S/C15H17N5O5S/c1-8-3-4-9-10(5-8)26-13(12(9)14(22)25-2)17-11(21)6-19-7-16-15(18-19)20(23)24/h7-8H,3-6H2,1-2H3,(H,17,21). The van der Waals surface area contributed by atoms with E-state index in [2.05, 4.69) is 22.3 Å². The summed E-state index contributed by atoms with van der Waals surface area (Å²) in [6.45, 7) is 1.90. The number of fused-ring (bicyclic) bond motifs is 1. The average Bonchev–Trinajstić information content (AvgIpc) is 3.18. The summed E-state index contributed by atoms with van der Waals surface area (Å²) in [5.41, 5.74) is 1.34. The maximum Gasteiger partial charge on any atom is 0.490 e. The lowest BCUT2D eigenvalue weighted by molar-refractivity contribution is -0.394. The Labute approximate surface area is 152 Å². The SMILES string of the molecule is COC(=O)c1c(NC(=O)Cn2cnc([N+](=O)[O-])n2)sc2c1CCC(C)C2. The number of carbonyl (C=O) groups excluding carboxylic acids is 2. The summed E-state index contributed by atoms with van der Waals surface area (Å²) in [5.74, 6) is -0.995. The highest BCUT2D eigenvalue weighted by Crippen LogP contribution is 2.40. The van der Waals surface area contributed by atoms with Crippen molar-refractivity contribution in [2.24, 2.45) is 5.92 Å². The first-order valence-electron chi connectivity index (χ1n) is 7.95. The van der Waals surface area contributed by atoms with Gasteiger partial charge in [-0.05, 0) is 35.7 Å². The molecule has 138 valence electrons. The molecule has 0 radical (unpaired) electrons. The van der Waals surface area contributed by atoms with Crippen LogP contribution in [0, 0.1) is 16.0 Å². The smallest absolute Gasteiger partial charge is 0.465 e. The highest BCUT2D eigenvalue weighted by Gasteiger charge is 2.29. The van der Waals surface area contributed by atoms with Crippen molar-refractivity contribution >= 4 is 34.2 Å². The molecule has 3 rings (SSSR count). The van der Waals surface area contributed by atoms with E-state index in [4.69, 9.17) is 4.74 Å². The molecule has 1 N–H and O–H groups in total. The third-order valence-electron chi connectivity index (χ3n) is 4.15. The first kappa shape index (κ1) is 18.0. The van der Waals surface area contributed by atoms with Crippen molar-refractivity contribution in [1.29, 1.82) is 0 Å². The molecule has 11 heteroatoms. The summed E-state index contributed by atoms with van der Waals surface area (Å²) in [7, 11) is 1.30. The lowest BCUT2D eigenvalue weighted by atomic mass is 9.88. The highest BCUT2D eigenvalue weighted by molar-refractivity contribution is 7.17. The third kappa shape index (κ3) is 3.57. The molecule has 1 amide bonds. The summed E-state index contributed by atoms with van der Waals surface area (Å²) >= 11 is 1.37. The van der Waals surface area contributed by atoms with Gasteiger partial charge in [-0.15, -0.1) is 11.3 Å². The van der Waals surface area contributed by atoms with E-state index in [1.807, 2.05) is 0 Å². The molecule has 26 heavy (non-hydrogen) atoms. The molecule has 2 heterocycles. The van der Waals surface area contributed by atoms with Crippen LogP contribution in [0.5, 0.6) is 0 Å². The van der Waals surface area contributed by atoms with Crippen LogP contribution in [-0.2, 0) is 28.9 Å². The minimum absolute atomic E-state index is 0.250. The second-order valence-corrected chi connectivity index (χ2v) is 7.20. The number of carbonyl (C=O) groups is 2. The second-order valence-electron chi connectivity index (χ2n) is 6.09. The molecule has 2 aromatic heterocycles. The normalized spacial score (nSPS) is 16.0. The first-order valence-corrected chi connectivity index (χ1v) is 8.77. The van der Waals surface area contributed by atoms with Crippen LogP contribution >= 0.6 is 11.3 Å². The van der Waals surface area contributed by atoms with E-state index in [1.54, 1.807) is 0 Å². The zero-order valence-corrected chi connectivity index (χ0v) is 15.0. The molecule has 0 saturated heterocycles. The number of esters is 1. The van der Waals surface area contributed by atoms with E-state index in [-0.39, 0.29) is 6.54 Å². The maximum absolute atomic E-state index is 12.3. The number of anilines is 1. The van der Waals surface area contributed by atoms with Crippen LogP contribution in [0.3, 0.4) is 0 Å². The molecule has 0 saturated carbocycles. The number of nitrogens with zero attached hydrogens (tertiary/aromatic N) is 4. The quantitative estimate of drug-likeness (QED) is 0.476. The number of rotatable bonds is 5. The predicted octanol–water partition coefficient (Wildman–Crippen LogP) is 1.80. The number of aromatic nitrogens is 3. The maximum atomic E-state index is 12.3. The van der Waals surface area contributed by atoms with Crippen LogP contribution in [-0.4, -0.2) is 38.7 Å². The monoisotopic (exact) mass is 379 g/mol. The van der Waals surface area contributed by atoms with Crippen molar-refractivity contribution in [2.45, 2.75) is 32.7 Å². The fourth-order valence-corrected chi connectivity index (χ4v) is 4.33. The number of nitro groups is 1. The zero-order valence-electron chi connectivity index (χ0n) is 14.2. The summed E-state index contributed by atoms with van der Waals surface area (Å²) in [6, 6.07) is 0. The minimum Gasteiger partial charge on any atom is -0.465 e. The van der Waals surface area contributed by atoms with Gasteiger partial charge in [0, 0.05) is 9.98 Å². The van der Waals surface area contributed by atoms with Crippen molar-refractivity contribution in [3.63, 3.8) is 0 Å². The number of thiophene rings is 1. The second kappa shape index (κ2) is 7.20. The fourth-order valence-electron chi connectivity index (χ4n) is 2.91. The van der Waals surface area contributed by atoms with Crippen molar-refractivity contribution in [2.75, 3.05) is 12.4 Å². The summed E-state index contributed by atoms with van der Waals surface area (Å²) in [4.78, 5) is 38.9. The van der Waals surface area contributed by atoms with E-state index in [0.717, 1.165) is 40.7 Å². The number of methoxy groups -OCH3 is 1. The fraction of sp³-hybridized carbons (Fsp3) is 0.467.